The highest BCUT2D eigenvalue weighted by Gasteiger charge is 2.82. The molecule has 0 aromatic heterocycles. The second-order valence-electron chi connectivity index (χ2n) is 14.3. The van der Waals surface area contributed by atoms with Crippen molar-refractivity contribution in [2.75, 3.05) is 0 Å². The third-order valence-corrected chi connectivity index (χ3v) is 12.9. The summed E-state index contributed by atoms with van der Waals surface area (Å²) < 4.78 is 0. The standard InChI is InChI=1S/C30H46O4/c1-19(2)8-7-13-30(34,24(32)33)22-11-14-26(5)21-10-9-20-25(3,4)23(31)12-15-28(20)18-29(21,28)17-16-27(22,26)6/h8,20-22,34H,7,9-18H2,1-6H3,(H,32,33). The first kappa shape index (κ1) is 24.5. The minimum Gasteiger partial charge on any atom is -0.479 e. The normalized spacial score (nSPS) is 48.0. The second-order valence-corrected chi connectivity index (χ2v) is 14.3. The first-order valence-electron chi connectivity index (χ1n) is 13.8. The minimum absolute atomic E-state index is 0.0515. The lowest BCUT2D eigenvalue weighted by molar-refractivity contribution is -0.188. The summed E-state index contributed by atoms with van der Waals surface area (Å²) in [7, 11) is 0. The topological polar surface area (TPSA) is 74.6 Å². The van der Waals surface area contributed by atoms with E-state index < -0.39 is 11.6 Å². The SMILES string of the molecule is CC(C)=CCCC(O)(C(=O)O)C1CCC2(C)C3CCC4C(C)(C)C(=O)CCC45CC35CCC12C. The summed E-state index contributed by atoms with van der Waals surface area (Å²) >= 11 is 0. The van der Waals surface area contributed by atoms with E-state index in [2.05, 4.69) is 33.8 Å². The van der Waals surface area contributed by atoms with E-state index in [4.69, 9.17) is 0 Å². The first-order valence-corrected chi connectivity index (χ1v) is 13.8. The highest BCUT2D eigenvalue weighted by molar-refractivity contribution is 5.86. The molecule has 4 nitrogen and oxygen atoms in total. The number of Topliss-reactive ketones (excluding diaryl/α,β-unsaturated/α-hetero) is 1. The Kier molecular flexibility index (Phi) is 5.20. The number of carboxylic acids is 1. The Bertz CT molecular complexity index is 945. The molecule has 34 heavy (non-hydrogen) atoms. The zero-order chi connectivity index (χ0) is 24.9. The molecule has 2 spiro atoms. The summed E-state index contributed by atoms with van der Waals surface area (Å²) in [6.07, 6.45) is 12.3. The monoisotopic (exact) mass is 470 g/mol. The zero-order valence-electron chi connectivity index (χ0n) is 22.3. The Balaban J connectivity index is 1.48. The number of fused-ring (bicyclic) bond motifs is 2. The van der Waals surface area contributed by atoms with Crippen LogP contribution >= 0.6 is 0 Å². The Hall–Kier alpha value is -1.16. The van der Waals surface area contributed by atoms with Crippen LogP contribution in [0.3, 0.4) is 0 Å². The highest BCUT2D eigenvalue weighted by Crippen LogP contribution is 2.88. The summed E-state index contributed by atoms with van der Waals surface area (Å²) in [5.74, 6) is 0.300. The van der Waals surface area contributed by atoms with E-state index in [9.17, 15) is 19.8 Å². The summed E-state index contributed by atoms with van der Waals surface area (Å²) in [5.41, 5.74) is -0.169. The number of hydrogen-bond donors (Lipinski definition) is 2. The van der Waals surface area contributed by atoms with Gasteiger partial charge in [-0.3, -0.25) is 4.79 Å². The fraction of sp³-hybridized carbons (Fsp3) is 0.867. The summed E-state index contributed by atoms with van der Waals surface area (Å²) in [6.45, 7) is 13.2. The fourth-order valence-electron chi connectivity index (χ4n) is 10.9. The molecule has 8 atom stereocenters. The molecule has 5 fully saturated rings. The molecule has 5 rings (SSSR count). The number of carbonyl (C=O) groups excluding carboxylic acids is 1. The van der Waals surface area contributed by atoms with Gasteiger partial charge >= 0.3 is 5.97 Å². The lowest BCUT2D eigenvalue weighted by atomic mass is 9.41. The molecule has 4 heteroatoms. The smallest absolute Gasteiger partial charge is 0.336 e. The van der Waals surface area contributed by atoms with Crippen molar-refractivity contribution >= 4 is 11.8 Å². The summed E-state index contributed by atoms with van der Waals surface area (Å²) in [5, 5.41) is 22.0. The van der Waals surface area contributed by atoms with Gasteiger partial charge in [0, 0.05) is 17.8 Å². The van der Waals surface area contributed by atoms with Gasteiger partial charge in [0.25, 0.3) is 0 Å². The predicted molar refractivity (Wildman–Crippen MR) is 133 cm³/mol. The molecule has 0 radical (unpaired) electrons. The third kappa shape index (κ3) is 2.75. The molecule has 0 amide bonds. The van der Waals surface area contributed by atoms with Crippen LogP contribution in [0.5, 0.6) is 0 Å². The van der Waals surface area contributed by atoms with Crippen LogP contribution in [0.1, 0.15) is 112 Å². The van der Waals surface area contributed by atoms with Crippen LogP contribution in [-0.4, -0.2) is 27.6 Å². The predicted octanol–water partition coefficient (Wildman–Crippen LogP) is 6.56. The van der Waals surface area contributed by atoms with Gasteiger partial charge in [-0.1, -0.05) is 39.3 Å². The van der Waals surface area contributed by atoms with Crippen molar-refractivity contribution in [3.63, 3.8) is 0 Å². The van der Waals surface area contributed by atoms with E-state index in [0.717, 1.165) is 51.4 Å². The molecule has 5 aliphatic rings. The van der Waals surface area contributed by atoms with E-state index in [1.165, 1.54) is 12.0 Å². The Morgan fingerprint density at radius 3 is 2.26 bits per heavy atom. The minimum atomic E-state index is -1.67. The van der Waals surface area contributed by atoms with Crippen molar-refractivity contribution in [2.45, 2.75) is 118 Å². The third-order valence-electron chi connectivity index (χ3n) is 12.9. The van der Waals surface area contributed by atoms with E-state index in [1.54, 1.807) is 0 Å². The van der Waals surface area contributed by atoms with Gasteiger partial charge in [0.1, 0.15) is 5.78 Å². The lowest BCUT2D eigenvalue weighted by Crippen LogP contribution is -2.60. The lowest BCUT2D eigenvalue weighted by Gasteiger charge is -2.63. The molecule has 0 aliphatic heterocycles. The zero-order valence-corrected chi connectivity index (χ0v) is 22.3. The Morgan fingerprint density at radius 2 is 1.62 bits per heavy atom. The number of aliphatic hydroxyl groups is 1. The van der Waals surface area contributed by atoms with Crippen molar-refractivity contribution in [1.82, 2.24) is 0 Å². The van der Waals surface area contributed by atoms with E-state index >= 15 is 0 Å². The van der Waals surface area contributed by atoms with Crippen LogP contribution in [0.2, 0.25) is 0 Å². The van der Waals surface area contributed by atoms with E-state index in [1.807, 2.05) is 13.8 Å². The number of allylic oxidation sites excluding steroid dienone is 2. The van der Waals surface area contributed by atoms with Gasteiger partial charge in [-0.15, -0.1) is 0 Å². The van der Waals surface area contributed by atoms with Crippen LogP contribution in [0.25, 0.3) is 0 Å². The highest BCUT2D eigenvalue weighted by atomic mass is 16.4. The van der Waals surface area contributed by atoms with Gasteiger partial charge < -0.3 is 10.2 Å². The Labute approximate surface area is 206 Å². The molecular weight excluding hydrogens is 424 g/mol. The van der Waals surface area contributed by atoms with Gasteiger partial charge in [0.15, 0.2) is 5.60 Å². The van der Waals surface area contributed by atoms with Crippen LogP contribution in [0, 0.1) is 44.8 Å². The maximum Gasteiger partial charge on any atom is 0.336 e. The van der Waals surface area contributed by atoms with Crippen LogP contribution in [0.4, 0.5) is 0 Å². The van der Waals surface area contributed by atoms with Crippen molar-refractivity contribution in [2.24, 2.45) is 44.8 Å². The quantitative estimate of drug-likeness (QED) is 0.446. The van der Waals surface area contributed by atoms with Gasteiger partial charge in [-0.25, -0.2) is 4.79 Å². The molecule has 0 bridgehead atoms. The number of carbonyl (C=O) groups is 2. The fourth-order valence-corrected chi connectivity index (χ4v) is 10.9. The number of rotatable bonds is 5. The summed E-state index contributed by atoms with van der Waals surface area (Å²) in [6, 6.07) is 0. The second kappa shape index (κ2) is 7.20. The molecule has 2 N–H and O–H groups in total. The average Bonchev–Trinajstić information content (AvgIpc) is 3.33. The maximum atomic E-state index is 12.8. The molecule has 190 valence electrons. The molecular formula is C30H46O4. The molecule has 0 aromatic rings. The van der Waals surface area contributed by atoms with Crippen LogP contribution < -0.4 is 0 Å². The number of hydrogen-bond acceptors (Lipinski definition) is 3. The number of aliphatic carboxylic acids is 1. The van der Waals surface area contributed by atoms with Crippen LogP contribution in [-0.2, 0) is 9.59 Å². The molecule has 8 unspecified atom stereocenters. The Morgan fingerprint density at radius 1 is 0.971 bits per heavy atom. The van der Waals surface area contributed by atoms with Crippen molar-refractivity contribution in [3.05, 3.63) is 11.6 Å². The van der Waals surface area contributed by atoms with Gasteiger partial charge in [-0.05, 0) is 112 Å². The van der Waals surface area contributed by atoms with Crippen molar-refractivity contribution in [1.29, 1.82) is 0 Å². The van der Waals surface area contributed by atoms with Gasteiger partial charge in [-0.2, -0.15) is 0 Å². The van der Waals surface area contributed by atoms with Gasteiger partial charge in [0.2, 0.25) is 0 Å². The van der Waals surface area contributed by atoms with E-state index in [-0.39, 0.29) is 22.2 Å². The number of carboxylic acid groups (broad SMARTS) is 1. The molecule has 0 saturated heterocycles. The molecule has 5 aliphatic carbocycles. The maximum absolute atomic E-state index is 12.8. The summed E-state index contributed by atoms with van der Waals surface area (Å²) in [4.78, 5) is 25.4. The average molecular weight is 471 g/mol. The van der Waals surface area contributed by atoms with Crippen LogP contribution in [0.15, 0.2) is 11.6 Å². The van der Waals surface area contributed by atoms with E-state index in [0.29, 0.717) is 41.3 Å². The number of ketones is 1. The van der Waals surface area contributed by atoms with Crippen molar-refractivity contribution < 1.29 is 19.8 Å². The van der Waals surface area contributed by atoms with Crippen molar-refractivity contribution in [3.8, 4) is 0 Å². The molecule has 0 heterocycles. The molecule has 0 aromatic carbocycles. The molecule has 5 saturated carbocycles. The largest absolute Gasteiger partial charge is 0.479 e. The van der Waals surface area contributed by atoms with Gasteiger partial charge in [0.05, 0.1) is 0 Å². The first-order chi connectivity index (χ1) is 15.7.